The van der Waals surface area contributed by atoms with Gasteiger partial charge in [-0.05, 0) is 42.3 Å². The van der Waals surface area contributed by atoms with Crippen molar-refractivity contribution in [3.05, 3.63) is 65.2 Å². The van der Waals surface area contributed by atoms with Crippen LogP contribution in [-0.4, -0.2) is 55.7 Å². The Kier molecular flexibility index (Phi) is 9.20. The number of benzene rings is 2. The van der Waals surface area contributed by atoms with Gasteiger partial charge < -0.3 is 25.4 Å². The molecule has 0 aliphatic carbocycles. The van der Waals surface area contributed by atoms with Crippen LogP contribution in [0.1, 0.15) is 34.5 Å². The van der Waals surface area contributed by atoms with Crippen molar-refractivity contribution in [2.24, 2.45) is 4.99 Å². The van der Waals surface area contributed by atoms with Crippen LogP contribution < -0.4 is 15.4 Å². The molecule has 31 heavy (non-hydrogen) atoms. The molecule has 2 aromatic carbocycles. The van der Waals surface area contributed by atoms with Gasteiger partial charge in [-0.15, -0.1) is 0 Å². The number of aliphatic hydroxyl groups is 1. The summed E-state index contributed by atoms with van der Waals surface area (Å²) in [5.74, 6) is 0.493. The number of guanidine groups is 1. The predicted octanol–water partition coefficient (Wildman–Crippen LogP) is 2.78. The number of rotatable bonds is 9. The normalized spacial score (nSPS) is 12.4. The minimum atomic E-state index is -2.89. The Morgan fingerprint density at radius 2 is 1.74 bits per heavy atom. The van der Waals surface area contributed by atoms with Gasteiger partial charge in [-0.1, -0.05) is 24.3 Å². The van der Waals surface area contributed by atoms with Gasteiger partial charge in [0, 0.05) is 32.7 Å². The molecule has 0 fully saturated rings. The number of hydrogen-bond donors (Lipinski definition) is 3. The van der Waals surface area contributed by atoms with E-state index < -0.39 is 12.7 Å². The molecular formula is C22H28F2N4O3. The molecule has 1 atom stereocenters. The second-order valence-electron chi connectivity index (χ2n) is 6.94. The molecule has 0 saturated heterocycles. The SMILES string of the molecule is CCNC(=NCc1ccc(C(=O)N(C)C)cc1)NCC(O)c1ccc(OC(F)F)cc1. The molecule has 1 unspecified atom stereocenters. The zero-order chi connectivity index (χ0) is 22.8. The maximum Gasteiger partial charge on any atom is 0.387 e. The summed E-state index contributed by atoms with van der Waals surface area (Å²) in [6.45, 7) is 0.245. The van der Waals surface area contributed by atoms with Crippen LogP contribution in [0.5, 0.6) is 5.75 Å². The molecule has 2 aromatic rings. The summed E-state index contributed by atoms with van der Waals surface area (Å²) >= 11 is 0. The topological polar surface area (TPSA) is 86.2 Å². The Labute approximate surface area is 180 Å². The van der Waals surface area contributed by atoms with E-state index in [1.807, 2.05) is 19.1 Å². The number of halogens is 2. The number of hydrogen-bond acceptors (Lipinski definition) is 4. The number of aliphatic imine (C=N–C) groups is 1. The first-order valence-electron chi connectivity index (χ1n) is 9.85. The summed E-state index contributed by atoms with van der Waals surface area (Å²) in [5.41, 5.74) is 2.10. The summed E-state index contributed by atoms with van der Waals surface area (Å²) < 4.78 is 28.8. The lowest BCUT2D eigenvalue weighted by Crippen LogP contribution is -2.39. The number of ether oxygens (including phenoxy) is 1. The van der Waals surface area contributed by atoms with Crippen molar-refractivity contribution < 1.29 is 23.4 Å². The molecule has 0 aliphatic heterocycles. The zero-order valence-corrected chi connectivity index (χ0v) is 17.8. The Hall–Kier alpha value is -3.20. The van der Waals surface area contributed by atoms with E-state index in [-0.39, 0.29) is 18.2 Å². The lowest BCUT2D eigenvalue weighted by molar-refractivity contribution is -0.0498. The lowest BCUT2D eigenvalue weighted by Gasteiger charge is -2.16. The van der Waals surface area contributed by atoms with Crippen LogP contribution in [0, 0.1) is 0 Å². The maximum atomic E-state index is 12.2. The summed E-state index contributed by atoms with van der Waals surface area (Å²) in [6.07, 6.45) is -0.860. The number of amides is 1. The minimum absolute atomic E-state index is 0.0344. The van der Waals surface area contributed by atoms with Crippen LogP contribution in [0.25, 0.3) is 0 Å². The third kappa shape index (κ3) is 7.86. The van der Waals surface area contributed by atoms with Crippen LogP contribution in [0.15, 0.2) is 53.5 Å². The van der Waals surface area contributed by atoms with Gasteiger partial charge in [-0.3, -0.25) is 4.79 Å². The lowest BCUT2D eigenvalue weighted by atomic mass is 10.1. The van der Waals surface area contributed by atoms with Gasteiger partial charge in [0.25, 0.3) is 5.91 Å². The number of nitrogens with zero attached hydrogens (tertiary/aromatic N) is 2. The first kappa shape index (κ1) is 24.1. The van der Waals surface area contributed by atoms with Crippen molar-refractivity contribution in [2.75, 3.05) is 27.2 Å². The fourth-order valence-electron chi connectivity index (χ4n) is 2.71. The van der Waals surface area contributed by atoms with E-state index in [1.54, 1.807) is 26.2 Å². The number of carbonyl (C=O) groups excluding carboxylic acids is 1. The Morgan fingerprint density at radius 1 is 1.10 bits per heavy atom. The van der Waals surface area contributed by atoms with Gasteiger partial charge in [0.2, 0.25) is 0 Å². The number of nitrogens with one attached hydrogen (secondary N) is 2. The average Bonchev–Trinajstić information content (AvgIpc) is 2.75. The molecule has 0 spiro atoms. The van der Waals surface area contributed by atoms with E-state index in [9.17, 15) is 18.7 Å². The van der Waals surface area contributed by atoms with Crippen LogP contribution in [0.2, 0.25) is 0 Å². The Balaban J connectivity index is 1.94. The van der Waals surface area contributed by atoms with Crippen molar-refractivity contribution >= 4 is 11.9 Å². The van der Waals surface area contributed by atoms with Crippen molar-refractivity contribution in [2.45, 2.75) is 26.2 Å². The molecule has 3 N–H and O–H groups in total. The molecule has 0 saturated carbocycles. The number of aliphatic hydroxyl groups excluding tert-OH is 1. The van der Waals surface area contributed by atoms with Gasteiger partial charge in [0.05, 0.1) is 12.6 Å². The highest BCUT2D eigenvalue weighted by Crippen LogP contribution is 2.19. The highest BCUT2D eigenvalue weighted by atomic mass is 19.3. The van der Waals surface area contributed by atoms with Gasteiger partial charge in [0.1, 0.15) is 5.75 Å². The third-order valence-electron chi connectivity index (χ3n) is 4.32. The number of alkyl halides is 2. The number of carbonyl (C=O) groups is 1. The van der Waals surface area contributed by atoms with Gasteiger partial charge in [-0.25, -0.2) is 4.99 Å². The van der Waals surface area contributed by atoms with Gasteiger partial charge in [-0.2, -0.15) is 8.78 Å². The summed E-state index contributed by atoms with van der Waals surface area (Å²) in [4.78, 5) is 18.0. The highest BCUT2D eigenvalue weighted by Gasteiger charge is 2.11. The Morgan fingerprint density at radius 3 is 2.29 bits per heavy atom. The molecule has 0 bridgehead atoms. The van der Waals surface area contributed by atoms with E-state index >= 15 is 0 Å². The molecule has 1 amide bonds. The third-order valence-corrected chi connectivity index (χ3v) is 4.32. The predicted molar refractivity (Wildman–Crippen MR) is 115 cm³/mol. The van der Waals surface area contributed by atoms with E-state index in [2.05, 4.69) is 20.4 Å². The van der Waals surface area contributed by atoms with Crippen molar-refractivity contribution in [3.8, 4) is 5.75 Å². The largest absolute Gasteiger partial charge is 0.435 e. The highest BCUT2D eigenvalue weighted by molar-refractivity contribution is 5.93. The first-order chi connectivity index (χ1) is 14.8. The molecule has 9 heteroatoms. The molecule has 0 aliphatic rings. The summed E-state index contributed by atoms with van der Waals surface area (Å²) in [5, 5.41) is 16.5. The molecule has 0 radical (unpaired) electrons. The standard InChI is InChI=1S/C22H28F2N4O3/c1-4-25-22(26-13-15-5-7-17(8-6-15)20(30)28(2)3)27-14-19(29)16-9-11-18(12-10-16)31-21(23)24/h5-12,19,21,29H,4,13-14H2,1-3H3,(H2,25,26,27). The smallest absolute Gasteiger partial charge is 0.387 e. The van der Waals surface area contributed by atoms with Gasteiger partial charge in [0.15, 0.2) is 5.96 Å². The van der Waals surface area contributed by atoms with E-state index in [0.717, 1.165) is 5.56 Å². The van der Waals surface area contributed by atoms with Gasteiger partial charge >= 0.3 is 6.61 Å². The van der Waals surface area contributed by atoms with Crippen molar-refractivity contribution in [3.63, 3.8) is 0 Å². The summed E-state index contributed by atoms with van der Waals surface area (Å²) in [7, 11) is 3.41. The second-order valence-corrected chi connectivity index (χ2v) is 6.94. The van der Waals surface area contributed by atoms with Crippen molar-refractivity contribution in [1.29, 1.82) is 0 Å². The molecule has 0 aromatic heterocycles. The molecule has 168 valence electrons. The zero-order valence-electron chi connectivity index (χ0n) is 17.8. The maximum absolute atomic E-state index is 12.2. The van der Waals surface area contributed by atoms with E-state index in [1.165, 1.54) is 29.2 Å². The monoisotopic (exact) mass is 434 g/mol. The first-order valence-corrected chi connectivity index (χ1v) is 9.85. The van der Waals surface area contributed by atoms with Crippen LogP contribution in [-0.2, 0) is 6.54 Å². The summed E-state index contributed by atoms with van der Waals surface area (Å²) in [6, 6.07) is 13.1. The van der Waals surface area contributed by atoms with Crippen molar-refractivity contribution in [1.82, 2.24) is 15.5 Å². The fourth-order valence-corrected chi connectivity index (χ4v) is 2.71. The van der Waals surface area contributed by atoms with E-state index in [4.69, 9.17) is 0 Å². The average molecular weight is 434 g/mol. The molecule has 2 rings (SSSR count). The quantitative estimate of drug-likeness (QED) is 0.417. The molecular weight excluding hydrogens is 406 g/mol. The molecule has 7 nitrogen and oxygen atoms in total. The van der Waals surface area contributed by atoms with Crippen LogP contribution >= 0.6 is 0 Å². The van der Waals surface area contributed by atoms with E-state index in [0.29, 0.717) is 30.2 Å². The fraction of sp³-hybridized carbons (Fsp3) is 0.364. The van der Waals surface area contributed by atoms with Crippen LogP contribution in [0.3, 0.4) is 0 Å². The van der Waals surface area contributed by atoms with Crippen LogP contribution in [0.4, 0.5) is 8.78 Å². The Bertz CT molecular complexity index is 856. The molecule has 0 heterocycles. The minimum Gasteiger partial charge on any atom is -0.435 e. The second kappa shape index (κ2) is 11.8.